The smallest absolute Gasteiger partial charge is 0.165 e. The van der Waals surface area contributed by atoms with Crippen LogP contribution in [0.1, 0.15) is 49.9 Å². The molecule has 2 radical (unpaired) electrons. The largest absolute Gasteiger partial charge is 2.00 e. The fourth-order valence-electron chi connectivity index (χ4n) is 3.75. The van der Waals surface area contributed by atoms with E-state index < -0.39 is 0 Å². The number of fused-ring (bicyclic) bond motifs is 2. The van der Waals surface area contributed by atoms with Gasteiger partial charge in [-0.25, -0.2) is 0 Å². The summed E-state index contributed by atoms with van der Waals surface area (Å²) in [4.78, 5) is 0. The van der Waals surface area contributed by atoms with Crippen molar-refractivity contribution in [2.24, 2.45) is 0 Å². The van der Waals surface area contributed by atoms with Gasteiger partial charge in [0.25, 0.3) is 0 Å². The maximum Gasteiger partial charge on any atom is 2.00 e. The molecule has 0 atom stereocenters. The molecule has 0 aliphatic heterocycles. The Morgan fingerprint density at radius 3 is 1.30 bits per heavy atom. The van der Waals surface area contributed by atoms with Crippen LogP contribution in [-0.2, 0) is 51.9 Å². The summed E-state index contributed by atoms with van der Waals surface area (Å²) in [6.07, 6.45) is 4.53. The molecular formula is C28H36SiZr. The first-order valence-corrected chi connectivity index (χ1v) is 13.0. The second-order valence-electron chi connectivity index (χ2n) is 7.48. The van der Waals surface area contributed by atoms with Crippen LogP contribution in [0.3, 0.4) is 0 Å². The zero-order valence-electron chi connectivity index (χ0n) is 19.6. The van der Waals surface area contributed by atoms with Crippen molar-refractivity contribution in [1.82, 2.24) is 0 Å². The van der Waals surface area contributed by atoms with E-state index in [9.17, 15) is 0 Å². The third-order valence-electron chi connectivity index (χ3n) is 5.38. The van der Waals surface area contributed by atoms with Crippen LogP contribution in [0.5, 0.6) is 0 Å². The second-order valence-corrected chi connectivity index (χ2v) is 8.48. The average Bonchev–Trinajstić information content (AvgIpc) is 3.37. The predicted octanol–water partition coefficient (Wildman–Crippen LogP) is 8.15. The molecule has 0 fully saturated rings. The standard InChI is InChI=1S/2C13H15.C2H6Si.Zr/c2*1-3-10-8-12-7-5-6-11(4-2)13(12)9-10;1-3-2;/h2*5-9H,3-4H2,1-2H3;1-2H3;/q2*-1;;+2. The number of hydrogen-bond donors (Lipinski definition) is 0. The Balaban J connectivity index is 0.000000258. The first-order valence-electron chi connectivity index (χ1n) is 11.0. The number of hydrogen-bond acceptors (Lipinski definition) is 0. The van der Waals surface area contributed by atoms with Gasteiger partial charge in [0.15, 0.2) is 0 Å². The molecular weight excluding hydrogens is 456 g/mol. The molecule has 4 aromatic carbocycles. The molecule has 0 saturated carbocycles. The van der Waals surface area contributed by atoms with E-state index >= 15 is 0 Å². The van der Waals surface area contributed by atoms with E-state index in [1.165, 1.54) is 43.8 Å². The Hall–Kier alpha value is -1.24. The van der Waals surface area contributed by atoms with E-state index in [2.05, 4.69) is 101 Å². The predicted molar refractivity (Wildman–Crippen MR) is 134 cm³/mol. The van der Waals surface area contributed by atoms with Crippen LogP contribution in [0.2, 0.25) is 13.1 Å². The van der Waals surface area contributed by atoms with Crippen molar-refractivity contribution < 1.29 is 26.2 Å². The van der Waals surface area contributed by atoms with Crippen LogP contribution >= 0.6 is 0 Å². The van der Waals surface area contributed by atoms with E-state index in [0.717, 1.165) is 35.2 Å². The van der Waals surface area contributed by atoms with Gasteiger partial charge in [-0.2, -0.15) is 12.1 Å². The Morgan fingerprint density at radius 1 is 0.633 bits per heavy atom. The average molecular weight is 492 g/mol. The van der Waals surface area contributed by atoms with Crippen LogP contribution in [0.15, 0.2) is 60.7 Å². The molecule has 2 heteroatoms. The van der Waals surface area contributed by atoms with Crippen LogP contribution in [0.25, 0.3) is 21.5 Å². The first-order chi connectivity index (χ1) is 14.1. The quantitative estimate of drug-likeness (QED) is 0.199. The van der Waals surface area contributed by atoms with Gasteiger partial charge < -0.3 is 0 Å². The van der Waals surface area contributed by atoms with Crippen LogP contribution < -0.4 is 0 Å². The minimum absolute atomic E-state index is 0. The van der Waals surface area contributed by atoms with Crippen molar-refractivity contribution in [3.63, 3.8) is 0 Å². The van der Waals surface area contributed by atoms with Gasteiger partial charge in [0.1, 0.15) is 0 Å². The molecule has 0 unspecified atom stereocenters. The van der Waals surface area contributed by atoms with Gasteiger partial charge in [0, 0.05) is 9.52 Å². The normalized spacial score (nSPS) is 10.1. The molecule has 0 heterocycles. The summed E-state index contributed by atoms with van der Waals surface area (Å²) in [6, 6.07) is 22.4. The molecule has 0 aliphatic carbocycles. The van der Waals surface area contributed by atoms with E-state index in [1.807, 2.05) is 0 Å². The fourth-order valence-corrected chi connectivity index (χ4v) is 3.75. The van der Waals surface area contributed by atoms with Crippen LogP contribution in [-0.4, -0.2) is 9.52 Å². The maximum absolute atomic E-state index is 2.33. The van der Waals surface area contributed by atoms with Crippen molar-refractivity contribution in [2.45, 2.75) is 66.5 Å². The van der Waals surface area contributed by atoms with Gasteiger partial charge in [0.2, 0.25) is 0 Å². The van der Waals surface area contributed by atoms with E-state index in [0.29, 0.717) is 0 Å². The summed E-state index contributed by atoms with van der Waals surface area (Å²) in [5.41, 5.74) is 5.85. The second kappa shape index (κ2) is 13.9. The molecule has 0 nitrogen and oxygen atoms in total. The van der Waals surface area contributed by atoms with E-state index in [-0.39, 0.29) is 26.2 Å². The summed E-state index contributed by atoms with van der Waals surface area (Å²) in [6.45, 7) is 13.2. The molecule has 4 aromatic rings. The third-order valence-corrected chi connectivity index (χ3v) is 5.38. The minimum atomic E-state index is 0. The molecule has 4 rings (SSSR count). The van der Waals surface area contributed by atoms with Crippen LogP contribution in [0, 0.1) is 0 Å². The zero-order chi connectivity index (χ0) is 21.2. The molecule has 0 spiro atoms. The molecule has 30 heavy (non-hydrogen) atoms. The zero-order valence-corrected chi connectivity index (χ0v) is 23.1. The third kappa shape index (κ3) is 6.89. The van der Waals surface area contributed by atoms with Crippen molar-refractivity contribution in [3.8, 4) is 0 Å². The Kier molecular flexibility index (Phi) is 12.5. The van der Waals surface area contributed by atoms with Crippen molar-refractivity contribution in [3.05, 3.63) is 82.9 Å². The molecule has 156 valence electrons. The summed E-state index contributed by atoms with van der Waals surface area (Å²) >= 11 is 0. The molecule has 0 bridgehead atoms. The summed E-state index contributed by atoms with van der Waals surface area (Å²) in [5.74, 6) is 0. The van der Waals surface area contributed by atoms with Crippen molar-refractivity contribution >= 4 is 31.1 Å². The topological polar surface area (TPSA) is 0 Å². The minimum Gasteiger partial charge on any atom is -0.165 e. The Labute approximate surface area is 205 Å². The number of benzene rings is 2. The summed E-state index contributed by atoms with van der Waals surface area (Å²) in [5, 5.41) is 5.69. The van der Waals surface area contributed by atoms with Crippen molar-refractivity contribution in [2.75, 3.05) is 0 Å². The van der Waals surface area contributed by atoms with Gasteiger partial charge in [0.05, 0.1) is 0 Å². The summed E-state index contributed by atoms with van der Waals surface area (Å²) < 4.78 is 0. The summed E-state index contributed by atoms with van der Waals surface area (Å²) in [7, 11) is 1.08. The fraction of sp³-hybridized carbons (Fsp3) is 0.357. The first kappa shape index (κ1) is 26.8. The Bertz CT molecular complexity index is 924. The molecule has 0 aliphatic rings. The molecule has 0 N–H and O–H groups in total. The number of rotatable bonds is 4. The number of aryl methyl sites for hydroxylation is 4. The van der Waals surface area contributed by atoms with E-state index in [1.54, 1.807) is 0 Å². The molecule has 0 aromatic heterocycles. The van der Waals surface area contributed by atoms with Gasteiger partial charge in [-0.05, 0) is 25.7 Å². The monoisotopic (exact) mass is 490 g/mol. The van der Waals surface area contributed by atoms with E-state index in [4.69, 9.17) is 0 Å². The van der Waals surface area contributed by atoms with Gasteiger partial charge in [-0.3, -0.25) is 0 Å². The van der Waals surface area contributed by atoms with Gasteiger partial charge >= 0.3 is 26.2 Å². The van der Waals surface area contributed by atoms with Gasteiger partial charge in [-0.15, -0.1) is 69.1 Å². The van der Waals surface area contributed by atoms with Crippen LogP contribution in [0.4, 0.5) is 0 Å². The maximum atomic E-state index is 2.33. The molecule has 0 saturated heterocycles. The van der Waals surface area contributed by atoms with Crippen molar-refractivity contribution in [1.29, 1.82) is 0 Å². The molecule has 0 amide bonds. The Morgan fingerprint density at radius 2 is 1.00 bits per heavy atom. The van der Waals surface area contributed by atoms with Gasteiger partial charge in [-0.1, -0.05) is 64.0 Å². The SMILES string of the molecule is CCc1cc2c(CC)cccc2[cH-]1.CCc1cc2c(CC)cccc2[cH-]1.C[Si]C.[Zr+2].